The van der Waals surface area contributed by atoms with Crippen LogP contribution in [0.1, 0.15) is 78.6 Å². The average molecular weight is 354 g/mol. The van der Waals surface area contributed by atoms with Gasteiger partial charge in [-0.3, -0.25) is 4.79 Å². The maximum atomic E-state index is 12.0. The van der Waals surface area contributed by atoms with E-state index in [9.17, 15) is 14.7 Å². The minimum atomic E-state index is -0.782. The molecule has 0 radical (unpaired) electrons. The van der Waals surface area contributed by atoms with Gasteiger partial charge in [0.25, 0.3) is 0 Å². The van der Waals surface area contributed by atoms with Crippen molar-refractivity contribution in [1.82, 2.24) is 0 Å². The maximum Gasteiger partial charge on any atom is 0.334 e. The Balaban J connectivity index is 2.40. The van der Waals surface area contributed by atoms with Crippen molar-refractivity contribution in [2.24, 2.45) is 5.92 Å². The topological polar surface area (TPSA) is 72.8 Å². The predicted octanol–water partition coefficient (Wildman–Crippen LogP) is 3.93. The van der Waals surface area contributed by atoms with E-state index in [0.717, 1.165) is 12.8 Å². The third-order valence-corrected chi connectivity index (χ3v) is 4.34. The lowest BCUT2D eigenvalue weighted by Gasteiger charge is -2.20. The van der Waals surface area contributed by atoms with E-state index in [4.69, 9.17) is 9.47 Å². The third kappa shape index (κ3) is 8.52. The van der Waals surface area contributed by atoms with Crippen LogP contribution in [0.25, 0.3) is 0 Å². The highest BCUT2D eigenvalue weighted by Gasteiger charge is 2.36. The zero-order valence-electron chi connectivity index (χ0n) is 16.0. The van der Waals surface area contributed by atoms with E-state index < -0.39 is 12.2 Å². The van der Waals surface area contributed by atoms with Gasteiger partial charge in [0.2, 0.25) is 0 Å². The number of hydrogen-bond donors (Lipinski definition) is 1. The summed E-state index contributed by atoms with van der Waals surface area (Å²) in [4.78, 5) is 23.7. The van der Waals surface area contributed by atoms with Crippen molar-refractivity contribution in [2.45, 2.75) is 90.8 Å². The van der Waals surface area contributed by atoms with Gasteiger partial charge in [-0.15, -0.1) is 0 Å². The first-order chi connectivity index (χ1) is 12.0. The van der Waals surface area contributed by atoms with Crippen LogP contribution in [-0.4, -0.2) is 35.9 Å². The van der Waals surface area contributed by atoms with Crippen molar-refractivity contribution in [3.63, 3.8) is 0 Å². The van der Waals surface area contributed by atoms with Crippen LogP contribution in [0.5, 0.6) is 0 Å². The summed E-state index contributed by atoms with van der Waals surface area (Å²) < 4.78 is 10.6. The van der Waals surface area contributed by atoms with Crippen LogP contribution in [0.15, 0.2) is 11.6 Å². The summed E-state index contributed by atoms with van der Waals surface area (Å²) in [7, 11) is 0. The molecule has 1 unspecified atom stereocenters. The van der Waals surface area contributed by atoms with E-state index in [1.54, 1.807) is 0 Å². The first-order valence-corrected chi connectivity index (χ1v) is 9.68. The Kier molecular flexibility index (Phi) is 10.5. The molecule has 1 N–H and O–H groups in total. The van der Waals surface area contributed by atoms with Crippen LogP contribution < -0.4 is 0 Å². The van der Waals surface area contributed by atoms with E-state index in [1.165, 1.54) is 32.1 Å². The predicted molar refractivity (Wildman–Crippen MR) is 97.0 cm³/mol. The zero-order valence-corrected chi connectivity index (χ0v) is 16.0. The van der Waals surface area contributed by atoms with Gasteiger partial charge < -0.3 is 14.6 Å². The fraction of sp³-hybridized carbons (Fsp3) is 0.800. The van der Waals surface area contributed by atoms with Gasteiger partial charge in [0, 0.05) is 18.4 Å². The Morgan fingerprint density at radius 1 is 1.28 bits per heavy atom. The average Bonchev–Trinajstić information content (AvgIpc) is 2.92. The zero-order chi connectivity index (χ0) is 18.7. The number of cyclic esters (lactones) is 1. The van der Waals surface area contributed by atoms with Crippen molar-refractivity contribution in [3.05, 3.63) is 11.6 Å². The van der Waals surface area contributed by atoms with Crippen LogP contribution in [0.4, 0.5) is 0 Å². The van der Waals surface area contributed by atoms with Gasteiger partial charge in [-0.2, -0.15) is 0 Å². The quantitative estimate of drug-likeness (QED) is 0.327. The number of allylic oxidation sites excluding steroid dienone is 1. The van der Waals surface area contributed by atoms with E-state index in [2.05, 4.69) is 6.92 Å². The number of aliphatic hydroxyl groups excluding tert-OH is 1. The molecule has 0 aromatic rings. The molecule has 25 heavy (non-hydrogen) atoms. The molecule has 0 aliphatic carbocycles. The van der Waals surface area contributed by atoms with Gasteiger partial charge in [-0.05, 0) is 18.8 Å². The fourth-order valence-electron chi connectivity index (χ4n) is 2.91. The molecule has 0 aromatic carbocycles. The molecule has 0 aromatic heterocycles. The number of hydrogen-bond acceptors (Lipinski definition) is 5. The second-order valence-corrected chi connectivity index (χ2v) is 7.24. The van der Waals surface area contributed by atoms with Crippen molar-refractivity contribution >= 4 is 11.9 Å². The number of unbranched alkanes of at least 4 members (excludes halogenated alkanes) is 6. The van der Waals surface area contributed by atoms with E-state index in [1.807, 2.05) is 19.9 Å². The molecule has 0 spiro atoms. The molecule has 1 fully saturated rings. The fourth-order valence-corrected chi connectivity index (χ4v) is 2.91. The van der Waals surface area contributed by atoms with Crippen molar-refractivity contribution in [3.8, 4) is 0 Å². The number of ether oxygens (including phenoxy) is 2. The SMILES string of the molecule is CCCCCCCC/C=C1/CC([C@H](CO)OC(=O)CC(C)C)OC1=O. The summed E-state index contributed by atoms with van der Waals surface area (Å²) in [5, 5.41) is 9.47. The number of carbonyl (C=O) groups is 2. The molecule has 1 rings (SSSR count). The largest absolute Gasteiger partial charge is 0.456 e. The van der Waals surface area contributed by atoms with Gasteiger partial charge in [0.1, 0.15) is 6.10 Å². The molecular weight excluding hydrogens is 320 g/mol. The highest BCUT2D eigenvalue weighted by Crippen LogP contribution is 2.25. The van der Waals surface area contributed by atoms with Gasteiger partial charge >= 0.3 is 11.9 Å². The van der Waals surface area contributed by atoms with Crippen LogP contribution in [0.3, 0.4) is 0 Å². The third-order valence-electron chi connectivity index (χ3n) is 4.34. The van der Waals surface area contributed by atoms with E-state index in [-0.39, 0.29) is 30.9 Å². The Morgan fingerprint density at radius 3 is 2.60 bits per heavy atom. The van der Waals surface area contributed by atoms with Crippen LogP contribution in [0.2, 0.25) is 0 Å². The summed E-state index contributed by atoms with van der Waals surface area (Å²) in [5.41, 5.74) is 0.636. The second kappa shape index (κ2) is 12.1. The van der Waals surface area contributed by atoms with Gasteiger partial charge in [0.15, 0.2) is 6.10 Å². The Morgan fingerprint density at radius 2 is 1.96 bits per heavy atom. The molecule has 1 saturated heterocycles. The molecule has 144 valence electrons. The molecule has 0 amide bonds. The lowest BCUT2D eigenvalue weighted by atomic mass is 10.0. The summed E-state index contributed by atoms with van der Waals surface area (Å²) in [5.74, 6) is -0.533. The van der Waals surface area contributed by atoms with Crippen molar-refractivity contribution in [1.29, 1.82) is 0 Å². The Bertz CT molecular complexity index is 441. The summed E-state index contributed by atoms with van der Waals surface area (Å²) >= 11 is 0. The standard InChI is InChI=1S/C20H34O5/c1-4-5-6-7-8-9-10-11-16-13-17(25-20(16)23)18(14-21)24-19(22)12-15(2)3/h11,15,17-18,21H,4-10,12-14H2,1-3H3/b16-11-/t17?,18-/m0/s1. The molecular formula is C20H34O5. The van der Waals surface area contributed by atoms with Crippen LogP contribution in [-0.2, 0) is 19.1 Å². The minimum Gasteiger partial charge on any atom is -0.456 e. The molecule has 1 aliphatic rings. The number of carbonyl (C=O) groups excluding carboxylic acids is 2. The van der Waals surface area contributed by atoms with Gasteiger partial charge in [-0.1, -0.05) is 59.0 Å². The van der Waals surface area contributed by atoms with Crippen molar-refractivity contribution < 1.29 is 24.2 Å². The van der Waals surface area contributed by atoms with Gasteiger partial charge in [-0.25, -0.2) is 4.79 Å². The summed E-state index contributed by atoms with van der Waals surface area (Å²) in [6.45, 7) is 5.71. The highest BCUT2D eigenvalue weighted by atomic mass is 16.6. The van der Waals surface area contributed by atoms with Gasteiger partial charge in [0.05, 0.1) is 6.61 Å². The Hall–Kier alpha value is -1.36. The normalized spacial score (nSPS) is 20.1. The number of rotatable bonds is 12. The molecule has 2 atom stereocenters. The maximum absolute atomic E-state index is 12.0. The smallest absolute Gasteiger partial charge is 0.334 e. The molecule has 1 heterocycles. The lowest BCUT2D eigenvalue weighted by molar-refractivity contribution is -0.164. The van der Waals surface area contributed by atoms with Crippen LogP contribution >= 0.6 is 0 Å². The first-order valence-electron chi connectivity index (χ1n) is 9.68. The van der Waals surface area contributed by atoms with E-state index in [0.29, 0.717) is 12.0 Å². The number of esters is 2. The molecule has 0 bridgehead atoms. The highest BCUT2D eigenvalue weighted by molar-refractivity contribution is 5.90. The summed E-state index contributed by atoms with van der Waals surface area (Å²) in [6.07, 6.45) is 9.41. The molecule has 1 aliphatic heterocycles. The minimum absolute atomic E-state index is 0.186. The second-order valence-electron chi connectivity index (χ2n) is 7.24. The first kappa shape index (κ1) is 21.7. The monoisotopic (exact) mass is 354 g/mol. The Labute approximate surface area is 151 Å². The molecule has 5 heteroatoms. The number of aliphatic hydroxyl groups is 1. The molecule has 0 saturated carbocycles. The molecule has 5 nitrogen and oxygen atoms in total. The van der Waals surface area contributed by atoms with Crippen molar-refractivity contribution in [2.75, 3.05) is 6.61 Å². The van der Waals surface area contributed by atoms with Crippen LogP contribution in [0, 0.1) is 5.92 Å². The summed E-state index contributed by atoms with van der Waals surface area (Å²) in [6, 6.07) is 0. The lowest BCUT2D eigenvalue weighted by Crippen LogP contribution is -2.34. The van der Waals surface area contributed by atoms with E-state index >= 15 is 0 Å².